The Morgan fingerprint density at radius 1 is 1.12 bits per heavy atom. The minimum atomic E-state index is -4.46. The second-order valence-electron chi connectivity index (χ2n) is 7.44. The third kappa shape index (κ3) is 4.84. The summed E-state index contributed by atoms with van der Waals surface area (Å²) in [6, 6.07) is 7.37. The highest BCUT2D eigenvalue weighted by Gasteiger charge is 2.32. The van der Waals surface area contributed by atoms with Gasteiger partial charge in [0.2, 0.25) is 5.88 Å². The molecule has 4 rings (SSSR count). The molecule has 1 atom stereocenters. The lowest BCUT2D eigenvalue weighted by Gasteiger charge is -2.32. The SMILES string of the molecule is Cc1ccc(-c2ncccn2)c(C(=O)N2CCCC(Oc3ccc(C(F)(F)F)cn3)C2)n1. The van der Waals surface area contributed by atoms with Gasteiger partial charge in [0.1, 0.15) is 11.8 Å². The Balaban J connectivity index is 1.50. The number of carbonyl (C=O) groups excluding carboxylic acids is 1. The highest BCUT2D eigenvalue weighted by Crippen LogP contribution is 2.30. The first-order valence-electron chi connectivity index (χ1n) is 10.1. The molecule has 3 aromatic rings. The van der Waals surface area contributed by atoms with E-state index in [2.05, 4.69) is 19.9 Å². The summed E-state index contributed by atoms with van der Waals surface area (Å²) in [6.07, 6.45) is 0.418. The van der Waals surface area contributed by atoms with Gasteiger partial charge in [-0.15, -0.1) is 0 Å². The van der Waals surface area contributed by atoms with Gasteiger partial charge in [-0.1, -0.05) is 0 Å². The van der Waals surface area contributed by atoms with Crippen molar-refractivity contribution in [1.29, 1.82) is 0 Å². The minimum Gasteiger partial charge on any atom is -0.472 e. The normalized spacial score (nSPS) is 16.6. The van der Waals surface area contributed by atoms with Crippen LogP contribution < -0.4 is 4.74 Å². The molecule has 1 amide bonds. The highest BCUT2D eigenvalue weighted by atomic mass is 19.4. The molecule has 0 N–H and O–H groups in total. The molecular weight excluding hydrogens is 423 g/mol. The largest absolute Gasteiger partial charge is 0.472 e. The van der Waals surface area contributed by atoms with Gasteiger partial charge in [-0.25, -0.2) is 19.9 Å². The van der Waals surface area contributed by atoms with Gasteiger partial charge >= 0.3 is 6.18 Å². The van der Waals surface area contributed by atoms with E-state index >= 15 is 0 Å². The van der Waals surface area contributed by atoms with Crippen LogP contribution in [0.2, 0.25) is 0 Å². The number of pyridine rings is 2. The average Bonchev–Trinajstić information content (AvgIpc) is 2.79. The number of likely N-dealkylation sites (tertiary alicyclic amines) is 1. The van der Waals surface area contributed by atoms with Crippen molar-refractivity contribution in [3.05, 3.63) is 65.9 Å². The summed E-state index contributed by atoms with van der Waals surface area (Å²) in [5, 5.41) is 0. The summed E-state index contributed by atoms with van der Waals surface area (Å²) < 4.78 is 43.9. The predicted molar refractivity (Wildman–Crippen MR) is 109 cm³/mol. The van der Waals surface area contributed by atoms with Crippen molar-refractivity contribution in [2.24, 2.45) is 0 Å². The first kappa shape index (κ1) is 21.7. The molecule has 0 aliphatic carbocycles. The number of rotatable bonds is 4. The van der Waals surface area contributed by atoms with E-state index < -0.39 is 17.8 Å². The molecule has 1 aliphatic heterocycles. The molecule has 0 radical (unpaired) electrons. The van der Waals surface area contributed by atoms with Crippen LogP contribution in [0.4, 0.5) is 13.2 Å². The fourth-order valence-electron chi connectivity index (χ4n) is 3.50. The number of amides is 1. The first-order valence-corrected chi connectivity index (χ1v) is 10.1. The standard InChI is InChI=1S/C22H20F3N5O2/c1-14-5-7-17(20-26-9-3-10-27-20)19(29-14)21(31)30-11-2-4-16(13-30)32-18-8-6-15(12-28-18)22(23,24)25/h3,5-10,12,16H,2,4,11,13H2,1H3. The van der Waals surface area contributed by atoms with E-state index in [4.69, 9.17) is 4.74 Å². The quantitative estimate of drug-likeness (QED) is 0.608. The Hall–Kier alpha value is -3.56. The van der Waals surface area contributed by atoms with E-state index in [0.717, 1.165) is 12.3 Å². The zero-order chi connectivity index (χ0) is 22.7. The fraction of sp³-hybridized carbons (Fsp3) is 0.318. The topological polar surface area (TPSA) is 81.1 Å². The Labute approximate surface area is 182 Å². The maximum absolute atomic E-state index is 13.3. The van der Waals surface area contributed by atoms with Gasteiger partial charge in [-0.05, 0) is 44.0 Å². The molecule has 166 valence electrons. The fourth-order valence-corrected chi connectivity index (χ4v) is 3.50. The van der Waals surface area contributed by atoms with Crippen LogP contribution in [0.15, 0.2) is 48.9 Å². The molecule has 4 heterocycles. The number of aromatic nitrogens is 4. The van der Waals surface area contributed by atoms with E-state index in [1.165, 1.54) is 6.07 Å². The number of aryl methyl sites for hydroxylation is 1. The third-order valence-corrected chi connectivity index (χ3v) is 5.06. The number of halogens is 3. The number of hydrogen-bond acceptors (Lipinski definition) is 6. The van der Waals surface area contributed by atoms with Gasteiger partial charge in [0.15, 0.2) is 5.82 Å². The molecule has 0 spiro atoms. The van der Waals surface area contributed by atoms with Crippen molar-refractivity contribution in [3.8, 4) is 17.3 Å². The highest BCUT2D eigenvalue weighted by molar-refractivity contribution is 5.98. The Morgan fingerprint density at radius 3 is 2.59 bits per heavy atom. The predicted octanol–water partition coefficient (Wildman–Crippen LogP) is 3.94. The Kier molecular flexibility index (Phi) is 6.02. The second-order valence-corrected chi connectivity index (χ2v) is 7.44. The molecule has 1 fully saturated rings. The van der Waals surface area contributed by atoms with Crippen molar-refractivity contribution in [3.63, 3.8) is 0 Å². The number of carbonyl (C=O) groups is 1. The van der Waals surface area contributed by atoms with E-state index in [-0.39, 0.29) is 24.0 Å². The molecule has 0 aromatic carbocycles. The van der Waals surface area contributed by atoms with Gasteiger partial charge in [-0.2, -0.15) is 13.2 Å². The lowest BCUT2D eigenvalue weighted by atomic mass is 10.1. The lowest BCUT2D eigenvalue weighted by molar-refractivity contribution is -0.137. The number of alkyl halides is 3. The van der Waals surface area contributed by atoms with Crippen molar-refractivity contribution >= 4 is 5.91 Å². The molecule has 32 heavy (non-hydrogen) atoms. The number of ether oxygens (including phenoxy) is 1. The van der Waals surface area contributed by atoms with Crippen LogP contribution in [0.3, 0.4) is 0 Å². The molecule has 7 nitrogen and oxygen atoms in total. The van der Waals surface area contributed by atoms with Crippen LogP contribution in [0.1, 0.15) is 34.6 Å². The first-order chi connectivity index (χ1) is 15.3. The van der Waals surface area contributed by atoms with Crippen molar-refractivity contribution in [1.82, 2.24) is 24.8 Å². The van der Waals surface area contributed by atoms with Gasteiger partial charge in [0, 0.05) is 36.9 Å². The minimum absolute atomic E-state index is 0.0874. The zero-order valence-electron chi connectivity index (χ0n) is 17.2. The average molecular weight is 443 g/mol. The third-order valence-electron chi connectivity index (χ3n) is 5.06. The monoisotopic (exact) mass is 443 g/mol. The molecule has 3 aromatic heterocycles. The molecule has 1 saturated heterocycles. The molecule has 10 heteroatoms. The summed E-state index contributed by atoms with van der Waals surface area (Å²) in [7, 11) is 0. The summed E-state index contributed by atoms with van der Waals surface area (Å²) in [5.74, 6) is 0.219. The van der Waals surface area contributed by atoms with E-state index in [9.17, 15) is 18.0 Å². The van der Waals surface area contributed by atoms with Crippen molar-refractivity contribution in [2.45, 2.75) is 32.0 Å². The molecule has 1 unspecified atom stereocenters. The van der Waals surface area contributed by atoms with Crippen LogP contribution in [-0.2, 0) is 6.18 Å². The van der Waals surface area contributed by atoms with Crippen LogP contribution >= 0.6 is 0 Å². The maximum atomic E-state index is 13.3. The van der Waals surface area contributed by atoms with Crippen LogP contribution in [0, 0.1) is 6.92 Å². The molecule has 0 bridgehead atoms. The Morgan fingerprint density at radius 2 is 1.91 bits per heavy atom. The maximum Gasteiger partial charge on any atom is 0.417 e. The van der Waals surface area contributed by atoms with E-state index in [1.807, 2.05) is 0 Å². The summed E-state index contributed by atoms with van der Waals surface area (Å²) in [5.41, 5.74) is 0.636. The van der Waals surface area contributed by atoms with Gasteiger partial charge in [0.25, 0.3) is 5.91 Å². The van der Waals surface area contributed by atoms with Crippen molar-refractivity contribution < 1.29 is 22.7 Å². The van der Waals surface area contributed by atoms with E-state index in [1.54, 1.807) is 42.4 Å². The molecular formula is C22H20F3N5O2. The van der Waals surface area contributed by atoms with Gasteiger partial charge in [0.05, 0.1) is 17.7 Å². The van der Waals surface area contributed by atoms with Crippen molar-refractivity contribution in [2.75, 3.05) is 13.1 Å². The van der Waals surface area contributed by atoms with Crippen LogP contribution in [0.25, 0.3) is 11.4 Å². The summed E-state index contributed by atoms with van der Waals surface area (Å²) in [6.45, 7) is 2.58. The lowest BCUT2D eigenvalue weighted by Crippen LogP contribution is -2.44. The molecule has 0 saturated carbocycles. The zero-order valence-corrected chi connectivity index (χ0v) is 17.2. The van der Waals surface area contributed by atoms with Gasteiger partial charge in [-0.3, -0.25) is 4.79 Å². The van der Waals surface area contributed by atoms with E-state index in [0.29, 0.717) is 36.5 Å². The van der Waals surface area contributed by atoms with Gasteiger partial charge < -0.3 is 9.64 Å². The number of nitrogens with zero attached hydrogens (tertiary/aromatic N) is 5. The van der Waals surface area contributed by atoms with Crippen LogP contribution in [0.5, 0.6) is 5.88 Å². The second kappa shape index (κ2) is 8.89. The smallest absolute Gasteiger partial charge is 0.417 e. The number of piperidine rings is 1. The Bertz CT molecular complexity index is 1090. The summed E-state index contributed by atoms with van der Waals surface area (Å²) in [4.78, 5) is 31.6. The van der Waals surface area contributed by atoms with Crippen LogP contribution in [-0.4, -0.2) is 49.9 Å². The molecule has 1 aliphatic rings. The summed E-state index contributed by atoms with van der Waals surface area (Å²) >= 11 is 0. The number of hydrogen-bond donors (Lipinski definition) is 0.